The van der Waals surface area contributed by atoms with Crippen molar-refractivity contribution in [3.8, 4) is 11.5 Å². The molecule has 1 amide bonds. The number of esters is 1. The number of nitrogens with one attached hydrogen (secondary N) is 1. The summed E-state index contributed by atoms with van der Waals surface area (Å²) in [6, 6.07) is 15.9. The van der Waals surface area contributed by atoms with Gasteiger partial charge in [0, 0.05) is 36.0 Å². The van der Waals surface area contributed by atoms with Crippen molar-refractivity contribution in [1.82, 2.24) is 5.32 Å². The molecule has 0 saturated carbocycles. The first-order valence-electron chi connectivity index (χ1n) is 13.4. The maximum absolute atomic E-state index is 13.9. The van der Waals surface area contributed by atoms with Crippen LogP contribution in [0.4, 0.5) is 10.5 Å². The van der Waals surface area contributed by atoms with Crippen molar-refractivity contribution in [3.05, 3.63) is 89.0 Å². The number of anilines is 1. The average molecular weight is 593 g/mol. The van der Waals surface area contributed by atoms with Crippen LogP contribution in [0.2, 0.25) is 0 Å². The fourth-order valence-electron chi connectivity index (χ4n) is 4.27. The Morgan fingerprint density at radius 3 is 2.16 bits per heavy atom. The number of hydrogen-bond acceptors (Lipinski definition) is 9. The molecule has 0 aliphatic heterocycles. The number of ketones is 1. The number of benzene rings is 3. The summed E-state index contributed by atoms with van der Waals surface area (Å²) in [4.78, 5) is 52.2. The Morgan fingerprint density at radius 1 is 0.884 bits per heavy atom. The van der Waals surface area contributed by atoms with Gasteiger partial charge in [0.2, 0.25) is 0 Å². The smallest absolute Gasteiger partial charge is 0.407 e. The number of aliphatic carboxylic acids is 1. The van der Waals surface area contributed by atoms with Gasteiger partial charge in [-0.1, -0.05) is 18.2 Å². The van der Waals surface area contributed by atoms with Crippen molar-refractivity contribution in [1.29, 1.82) is 0 Å². The number of alkyl carbamates (subject to hydrolysis) is 1. The van der Waals surface area contributed by atoms with Gasteiger partial charge in [0.25, 0.3) is 0 Å². The van der Waals surface area contributed by atoms with Gasteiger partial charge in [-0.05, 0) is 68.8 Å². The normalized spacial score (nSPS) is 11.6. The highest BCUT2D eigenvalue weighted by Gasteiger charge is 2.35. The lowest BCUT2D eigenvalue weighted by molar-refractivity contribution is -0.137. The van der Waals surface area contributed by atoms with E-state index in [0.717, 1.165) is 0 Å². The van der Waals surface area contributed by atoms with Crippen LogP contribution in [0.3, 0.4) is 0 Å². The molecule has 0 spiro atoms. The molecule has 11 heteroatoms. The van der Waals surface area contributed by atoms with E-state index < -0.39 is 35.5 Å². The van der Waals surface area contributed by atoms with Crippen LogP contribution < -0.4 is 19.7 Å². The number of amides is 1. The van der Waals surface area contributed by atoms with Crippen molar-refractivity contribution in [2.24, 2.45) is 0 Å². The lowest BCUT2D eigenvalue weighted by atomic mass is 9.99. The maximum atomic E-state index is 13.9. The summed E-state index contributed by atoms with van der Waals surface area (Å²) in [5, 5.41) is 13.0. The topological polar surface area (TPSA) is 141 Å². The van der Waals surface area contributed by atoms with Crippen LogP contribution in [0.25, 0.3) is 0 Å². The highest BCUT2D eigenvalue weighted by Crippen LogP contribution is 2.30. The van der Waals surface area contributed by atoms with Crippen molar-refractivity contribution in [2.45, 2.75) is 45.5 Å². The lowest BCUT2D eigenvalue weighted by Crippen LogP contribution is -2.47. The highest BCUT2D eigenvalue weighted by molar-refractivity contribution is 6.14. The molecule has 0 aliphatic rings. The molecule has 0 heterocycles. The Bertz CT molecular complexity index is 1460. The minimum Gasteiger partial charge on any atom is -0.497 e. The molecule has 43 heavy (non-hydrogen) atoms. The number of methoxy groups -OCH3 is 3. The molecule has 0 radical (unpaired) electrons. The molecule has 1 atom stereocenters. The Morgan fingerprint density at radius 2 is 1.58 bits per heavy atom. The first kappa shape index (κ1) is 32.5. The molecule has 3 rings (SSSR count). The van der Waals surface area contributed by atoms with Gasteiger partial charge in [0.1, 0.15) is 17.1 Å². The van der Waals surface area contributed by atoms with Crippen LogP contribution in [0, 0.1) is 0 Å². The van der Waals surface area contributed by atoms with Crippen LogP contribution in [0.5, 0.6) is 11.5 Å². The SMILES string of the molecule is COC(=O)c1ccc(N(Cc2ccc(OC)cc2OC)[C@H](C(=O)O)C(=O)c2cccc(CNC(=O)OC(C)(C)C)c2)cc1. The van der Waals surface area contributed by atoms with E-state index >= 15 is 0 Å². The molecule has 0 aliphatic carbocycles. The molecule has 0 aromatic heterocycles. The maximum Gasteiger partial charge on any atom is 0.407 e. The second-order valence-corrected chi connectivity index (χ2v) is 10.5. The van der Waals surface area contributed by atoms with Gasteiger partial charge < -0.3 is 34.3 Å². The van der Waals surface area contributed by atoms with Gasteiger partial charge in [0.15, 0.2) is 11.8 Å². The summed E-state index contributed by atoms with van der Waals surface area (Å²) in [6.45, 7) is 5.26. The summed E-state index contributed by atoms with van der Waals surface area (Å²) >= 11 is 0. The third kappa shape index (κ3) is 8.71. The monoisotopic (exact) mass is 592 g/mol. The largest absolute Gasteiger partial charge is 0.497 e. The molecule has 3 aromatic carbocycles. The van der Waals surface area contributed by atoms with E-state index in [1.54, 1.807) is 63.2 Å². The third-order valence-corrected chi connectivity index (χ3v) is 6.30. The van der Waals surface area contributed by atoms with Gasteiger partial charge in [0.05, 0.1) is 26.9 Å². The predicted molar refractivity (Wildman–Crippen MR) is 159 cm³/mol. The number of carbonyl (C=O) groups excluding carboxylic acids is 3. The zero-order valence-corrected chi connectivity index (χ0v) is 25.0. The molecular weight excluding hydrogens is 556 g/mol. The zero-order valence-electron chi connectivity index (χ0n) is 25.0. The van der Waals surface area contributed by atoms with Gasteiger partial charge in [-0.15, -0.1) is 0 Å². The summed E-state index contributed by atoms with van der Waals surface area (Å²) < 4.78 is 20.8. The van der Waals surface area contributed by atoms with Crippen molar-refractivity contribution < 1.29 is 43.2 Å². The fourth-order valence-corrected chi connectivity index (χ4v) is 4.27. The summed E-state index contributed by atoms with van der Waals surface area (Å²) in [6.07, 6.45) is -0.623. The zero-order chi connectivity index (χ0) is 31.7. The van der Waals surface area contributed by atoms with E-state index in [4.69, 9.17) is 18.9 Å². The van der Waals surface area contributed by atoms with Gasteiger partial charge in [-0.3, -0.25) is 4.79 Å². The number of carboxylic acids is 1. The number of carbonyl (C=O) groups is 4. The minimum atomic E-state index is -1.66. The van der Waals surface area contributed by atoms with Gasteiger partial charge >= 0.3 is 18.0 Å². The van der Waals surface area contributed by atoms with E-state index in [1.165, 1.54) is 50.5 Å². The van der Waals surface area contributed by atoms with Crippen LogP contribution in [0.15, 0.2) is 66.7 Å². The first-order valence-corrected chi connectivity index (χ1v) is 13.4. The molecule has 3 aromatic rings. The summed E-state index contributed by atoms with van der Waals surface area (Å²) in [5.74, 6) is -1.65. The fraction of sp³-hybridized carbons (Fsp3) is 0.312. The summed E-state index contributed by atoms with van der Waals surface area (Å²) in [5.41, 5.74) is 1.25. The van der Waals surface area contributed by atoms with Crippen LogP contribution in [-0.2, 0) is 27.4 Å². The number of carboxylic acid groups (broad SMARTS) is 1. The highest BCUT2D eigenvalue weighted by atomic mass is 16.6. The second kappa shape index (κ2) is 14.2. The Kier molecular flexibility index (Phi) is 10.7. The van der Waals surface area contributed by atoms with E-state index in [2.05, 4.69) is 5.32 Å². The summed E-state index contributed by atoms with van der Waals surface area (Å²) in [7, 11) is 4.25. The molecule has 0 unspecified atom stereocenters. The van der Waals surface area contributed by atoms with Gasteiger partial charge in [-0.2, -0.15) is 0 Å². The van der Waals surface area contributed by atoms with Crippen molar-refractivity contribution in [2.75, 3.05) is 26.2 Å². The number of hydrogen-bond donors (Lipinski definition) is 2. The van der Waals surface area contributed by atoms with Crippen LogP contribution >= 0.6 is 0 Å². The lowest BCUT2D eigenvalue weighted by Gasteiger charge is -2.31. The van der Waals surface area contributed by atoms with E-state index in [9.17, 15) is 24.3 Å². The molecule has 228 valence electrons. The van der Waals surface area contributed by atoms with Crippen molar-refractivity contribution in [3.63, 3.8) is 0 Å². The van der Waals surface area contributed by atoms with Crippen molar-refractivity contribution >= 4 is 29.5 Å². The molecule has 2 N–H and O–H groups in total. The molecule has 0 bridgehead atoms. The van der Waals surface area contributed by atoms with E-state index in [0.29, 0.717) is 28.3 Å². The minimum absolute atomic E-state index is 0.0344. The van der Waals surface area contributed by atoms with E-state index in [1.807, 2.05) is 0 Å². The number of ether oxygens (including phenoxy) is 4. The average Bonchev–Trinajstić information content (AvgIpc) is 2.98. The molecule has 0 saturated heterocycles. The van der Waals surface area contributed by atoms with Crippen LogP contribution in [0.1, 0.15) is 52.6 Å². The Labute approximate surface area is 250 Å². The molecule has 0 fully saturated rings. The van der Waals surface area contributed by atoms with E-state index in [-0.39, 0.29) is 24.2 Å². The predicted octanol–water partition coefficient (Wildman–Crippen LogP) is 4.86. The Balaban J connectivity index is 2.00. The Hall–Kier alpha value is -5.06. The quantitative estimate of drug-likeness (QED) is 0.170. The number of Topliss-reactive ketones (excluding diaryl/α,β-unsaturated/α-hetero) is 1. The number of rotatable bonds is 12. The van der Waals surface area contributed by atoms with Crippen LogP contribution in [-0.4, -0.2) is 61.9 Å². The number of nitrogens with zero attached hydrogens (tertiary/aromatic N) is 1. The molecular formula is C32H36N2O9. The second-order valence-electron chi connectivity index (χ2n) is 10.5. The standard InChI is InChI=1S/C32H36N2O9/c1-32(2,3)43-31(39)33-18-20-8-7-9-22(16-20)28(35)27(29(36)37)34(24-13-10-21(11-14-24)30(38)42-6)19-23-12-15-25(40-4)17-26(23)41-5/h7-17,27H,18-19H2,1-6H3,(H,33,39)(H,36,37)/t27-/m0/s1. The van der Waals surface area contributed by atoms with Gasteiger partial charge in [-0.25, -0.2) is 14.4 Å². The first-order chi connectivity index (χ1) is 20.4. The molecule has 11 nitrogen and oxygen atoms in total. The third-order valence-electron chi connectivity index (χ3n) is 6.30.